The molecule has 0 atom stereocenters. The smallest absolute Gasteiger partial charge is 0.380 e. The van der Waals surface area contributed by atoms with Gasteiger partial charge in [0.2, 0.25) is 11.8 Å². The Morgan fingerprint density at radius 2 is 0.737 bits per heavy atom. The van der Waals surface area contributed by atoms with Gasteiger partial charge in [-0.15, -0.1) is 43.1 Å². The van der Waals surface area contributed by atoms with E-state index in [1.165, 1.54) is 13.8 Å². The Morgan fingerprint density at radius 1 is 0.421 bits per heavy atom. The minimum atomic E-state index is -5.75. The molecule has 0 saturated carbocycles. The number of allylic oxidation sites excluding steroid dienone is 2. The molecule has 8 aromatic rings. The lowest BCUT2D eigenvalue weighted by atomic mass is 9.95. The number of alkyl halides is 6. The van der Waals surface area contributed by atoms with Gasteiger partial charge in [-0.25, -0.2) is 0 Å². The predicted molar refractivity (Wildman–Crippen MR) is 208 cm³/mol. The maximum atomic E-state index is 15.9. The third-order valence-electron chi connectivity index (χ3n) is 9.79. The number of hydrogen-bond donors (Lipinski definition) is 0. The zero-order valence-corrected chi connectivity index (χ0v) is 31.4. The predicted octanol–water partition coefficient (Wildman–Crippen LogP) is 13.0. The highest BCUT2D eigenvalue weighted by atomic mass is 32.1. The summed E-state index contributed by atoms with van der Waals surface area (Å²) >= 11 is 1.77. The lowest BCUT2D eigenvalue weighted by molar-refractivity contribution is -0.254. The molecule has 0 saturated heterocycles. The first-order valence-electron chi connectivity index (χ1n) is 17.4. The fourth-order valence-corrected chi connectivity index (χ4v) is 8.75. The van der Waals surface area contributed by atoms with Crippen molar-refractivity contribution in [2.24, 2.45) is 0 Å². The van der Waals surface area contributed by atoms with Crippen molar-refractivity contribution in [1.29, 1.82) is 0 Å². The first-order valence-corrected chi connectivity index (χ1v) is 19.1. The topological polar surface area (TPSA) is 77.8 Å². The Morgan fingerprint density at radius 3 is 1.11 bits per heavy atom. The minimum absolute atomic E-state index is 0.0746. The minimum Gasteiger partial charge on any atom is -0.415 e. The first kappa shape index (κ1) is 36.5. The van der Waals surface area contributed by atoms with Gasteiger partial charge in [-0.05, 0) is 83.6 Å². The van der Waals surface area contributed by atoms with Gasteiger partial charge in [-0.3, -0.25) is 0 Å². The molecule has 0 fully saturated rings. The van der Waals surface area contributed by atoms with Gasteiger partial charge in [0.25, 0.3) is 11.8 Å². The Hall–Kier alpha value is -6.12. The molecule has 6 nitrogen and oxygen atoms in total. The second kappa shape index (κ2) is 13.5. The van der Waals surface area contributed by atoms with E-state index in [1.54, 1.807) is 24.3 Å². The maximum absolute atomic E-state index is 15.9. The van der Waals surface area contributed by atoms with Gasteiger partial charge in [0.05, 0.1) is 9.75 Å². The molecule has 9 rings (SSSR count). The van der Waals surface area contributed by atoms with Crippen LogP contribution >= 0.6 is 22.7 Å². The summed E-state index contributed by atoms with van der Waals surface area (Å²) in [5, 5.41) is 16.3. The zero-order valence-electron chi connectivity index (χ0n) is 29.7. The van der Waals surface area contributed by atoms with Crippen molar-refractivity contribution in [3.05, 3.63) is 142 Å². The molecule has 1 aliphatic carbocycles. The van der Waals surface area contributed by atoms with Crippen LogP contribution in [0.3, 0.4) is 0 Å². The second-order valence-corrected chi connectivity index (χ2v) is 15.9. The van der Waals surface area contributed by atoms with E-state index in [1.807, 2.05) is 84.9 Å². The molecule has 0 radical (unpaired) electrons. The number of aromatic nitrogens is 4. The molecule has 0 N–H and O–H groups in total. The summed E-state index contributed by atoms with van der Waals surface area (Å²) in [6.45, 7) is 2.77. The van der Waals surface area contributed by atoms with Gasteiger partial charge < -0.3 is 8.83 Å². The molecule has 0 aliphatic heterocycles. The summed E-state index contributed by atoms with van der Waals surface area (Å²) < 4.78 is 106. The first-order chi connectivity index (χ1) is 27.3. The average molecular weight is 809 g/mol. The van der Waals surface area contributed by atoms with Crippen molar-refractivity contribution in [1.82, 2.24) is 20.4 Å². The molecule has 0 bridgehead atoms. The number of thiophene rings is 2. The summed E-state index contributed by atoms with van der Waals surface area (Å²) in [5.41, 5.74) is 1.14. The highest BCUT2D eigenvalue weighted by Crippen LogP contribution is 2.66. The van der Waals surface area contributed by atoms with Crippen LogP contribution in [0.5, 0.6) is 0 Å². The molecular formula is C43H26F6N4O2S2. The van der Waals surface area contributed by atoms with E-state index in [0.717, 1.165) is 57.1 Å². The summed E-state index contributed by atoms with van der Waals surface area (Å²) in [5.74, 6) is -16.2. The van der Waals surface area contributed by atoms with Gasteiger partial charge in [-0.1, -0.05) is 84.9 Å². The highest BCUT2D eigenvalue weighted by molar-refractivity contribution is 7.16. The van der Waals surface area contributed by atoms with Gasteiger partial charge in [0.15, 0.2) is 0 Å². The quantitative estimate of drug-likeness (QED) is 0.142. The number of rotatable bonds is 8. The van der Waals surface area contributed by atoms with Crippen LogP contribution in [0.2, 0.25) is 0 Å². The molecule has 4 aromatic heterocycles. The van der Waals surface area contributed by atoms with Gasteiger partial charge in [-0.2, -0.15) is 26.3 Å². The van der Waals surface area contributed by atoms with E-state index in [2.05, 4.69) is 20.4 Å². The Bertz CT molecular complexity index is 2600. The number of aryl methyl sites for hydroxylation is 2. The van der Waals surface area contributed by atoms with Crippen molar-refractivity contribution in [2.75, 3.05) is 0 Å². The van der Waals surface area contributed by atoms with Crippen LogP contribution in [-0.4, -0.2) is 38.2 Å². The van der Waals surface area contributed by atoms with Crippen LogP contribution in [0.15, 0.2) is 130 Å². The average Bonchev–Trinajstić information content (AvgIpc) is 4.06. The number of benzene rings is 4. The maximum Gasteiger partial charge on any atom is 0.380 e. The molecule has 0 amide bonds. The monoisotopic (exact) mass is 808 g/mol. The Labute approximate surface area is 328 Å². The Balaban J connectivity index is 1.06. The largest absolute Gasteiger partial charge is 0.415 e. The van der Waals surface area contributed by atoms with E-state index in [-0.39, 0.29) is 43.1 Å². The van der Waals surface area contributed by atoms with Crippen molar-refractivity contribution < 1.29 is 35.2 Å². The van der Waals surface area contributed by atoms with Crippen LogP contribution in [0, 0.1) is 13.8 Å². The molecule has 1 aliphatic rings. The Kier molecular flexibility index (Phi) is 8.66. The van der Waals surface area contributed by atoms with Crippen LogP contribution in [0.25, 0.3) is 77.8 Å². The van der Waals surface area contributed by atoms with E-state index in [4.69, 9.17) is 8.83 Å². The van der Waals surface area contributed by atoms with Crippen molar-refractivity contribution in [3.63, 3.8) is 0 Å². The number of halogens is 6. The lowest BCUT2D eigenvalue weighted by Gasteiger charge is -2.25. The summed E-state index contributed by atoms with van der Waals surface area (Å²) in [6.07, 6.45) is 0. The molecule has 0 unspecified atom stereocenters. The molecular weight excluding hydrogens is 783 g/mol. The van der Waals surface area contributed by atoms with Crippen LogP contribution in [0.1, 0.15) is 20.9 Å². The van der Waals surface area contributed by atoms with Crippen molar-refractivity contribution in [3.8, 4) is 66.7 Å². The lowest BCUT2D eigenvalue weighted by Crippen LogP contribution is -2.48. The van der Waals surface area contributed by atoms with Crippen molar-refractivity contribution in [2.45, 2.75) is 31.6 Å². The normalized spacial score (nSPS) is 15.7. The standard InChI is InChI=1S/C43H26F6N4O2S2/c1-23-31(21-33(56-23)39-52-50-37(54-39)29-17-13-27(14-18-29)25-9-5-3-6-10-25)35-36(42(46,47)43(48,49)41(35,44)45)32-22-34(57-24(32)2)40-53-51-38(55-40)30-19-15-28(16-20-30)26-11-7-4-8-12-26/h3-22H,1-2H3. The van der Waals surface area contributed by atoms with Crippen LogP contribution < -0.4 is 0 Å². The van der Waals surface area contributed by atoms with E-state index >= 15 is 26.3 Å². The SMILES string of the molecule is Cc1sc(-c2nnc(-c3ccc(-c4ccccc4)cc3)o2)cc1C1=C(c2cc(-c3nnc(-c4ccc(-c5ccccc5)cc4)o3)sc2C)C(F)(F)C(F)(F)C1(F)F. The van der Waals surface area contributed by atoms with Gasteiger partial charge in [0, 0.05) is 32.0 Å². The van der Waals surface area contributed by atoms with Crippen LogP contribution in [0.4, 0.5) is 26.3 Å². The summed E-state index contributed by atoms with van der Waals surface area (Å²) in [7, 11) is 0. The highest BCUT2D eigenvalue weighted by Gasteiger charge is 2.80. The molecule has 284 valence electrons. The third-order valence-corrected chi connectivity index (χ3v) is 11.9. The number of nitrogens with zero attached hydrogens (tertiary/aromatic N) is 4. The second-order valence-electron chi connectivity index (χ2n) is 13.3. The van der Waals surface area contributed by atoms with Gasteiger partial charge >= 0.3 is 17.8 Å². The van der Waals surface area contributed by atoms with E-state index in [0.29, 0.717) is 11.1 Å². The van der Waals surface area contributed by atoms with Gasteiger partial charge in [0.1, 0.15) is 0 Å². The van der Waals surface area contributed by atoms with Crippen molar-refractivity contribution >= 4 is 33.8 Å². The zero-order chi connectivity index (χ0) is 39.7. The fraction of sp³-hybridized carbons (Fsp3) is 0.116. The van der Waals surface area contributed by atoms with Crippen LogP contribution in [-0.2, 0) is 0 Å². The molecule has 57 heavy (non-hydrogen) atoms. The van der Waals surface area contributed by atoms with E-state index in [9.17, 15) is 0 Å². The number of hydrogen-bond acceptors (Lipinski definition) is 8. The summed E-state index contributed by atoms with van der Waals surface area (Å²) in [4.78, 5) is 0.429. The summed E-state index contributed by atoms with van der Waals surface area (Å²) in [6, 6.07) is 36.2. The molecule has 0 spiro atoms. The third kappa shape index (κ3) is 6.01. The molecule has 4 heterocycles. The van der Waals surface area contributed by atoms with E-state index < -0.39 is 40.0 Å². The molecule has 14 heteroatoms. The molecule has 4 aromatic carbocycles. The fourth-order valence-electron chi connectivity index (χ4n) is 6.85.